The fourth-order valence-corrected chi connectivity index (χ4v) is 1.84. The Bertz CT molecular complexity index is 759. The Morgan fingerprint density at radius 2 is 1.57 bits per heavy atom. The molecule has 2 rings (SSSR count). The van der Waals surface area contributed by atoms with Crippen molar-refractivity contribution in [2.24, 2.45) is 0 Å². The van der Waals surface area contributed by atoms with Gasteiger partial charge in [-0.15, -0.1) is 0 Å². The van der Waals surface area contributed by atoms with Crippen LogP contribution in [0.2, 0.25) is 0 Å². The lowest BCUT2D eigenvalue weighted by molar-refractivity contribution is -0.114. The van der Waals surface area contributed by atoms with E-state index in [1.807, 2.05) is 18.2 Å². The van der Waals surface area contributed by atoms with Crippen LogP contribution in [0.1, 0.15) is 12.5 Å². The Hall–Kier alpha value is -3.02. The van der Waals surface area contributed by atoms with Gasteiger partial charge in [0.1, 0.15) is 11.6 Å². The molecular formula is C17H14F2N2O2. The first kappa shape index (κ1) is 16.4. The summed E-state index contributed by atoms with van der Waals surface area (Å²) in [7, 11) is 0. The zero-order valence-corrected chi connectivity index (χ0v) is 12.3. The van der Waals surface area contributed by atoms with E-state index in [-0.39, 0.29) is 11.4 Å². The second-order valence-electron chi connectivity index (χ2n) is 4.73. The number of anilines is 2. The highest BCUT2D eigenvalue weighted by atomic mass is 19.1. The van der Waals surface area contributed by atoms with Gasteiger partial charge in [0.2, 0.25) is 11.8 Å². The predicted octanol–water partition coefficient (Wildman–Crippen LogP) is 3.58. The molecule has 0 spiro atoms. The third-order valence-corrected chi connectivity index (χ3v) is 2.85. The Morgan fingerprint density at radius 3 is 2.17 bits per heavy atom. The Kier molecular flexibility index (Phi) is 5.19. The van der Waals surface area contributed by atoms with E-state index in [1.165, 1.54) is 13.0 Å². The molecule has 0 aliphatic rings. The number of benzene rings is 2. The van der Waals surface area contributed by atoms with Gasteiger partial charge in [-0.2, -0.15) is 0 Å². The van der Waals surface area contributed by atoms with Crippen molar-refractivity contribution in [3.8, 4) is 0 Å². The normalized spacial score (nSPS) is 10.6. The molecular weight excluding hydrogens is 302 g/mol. The maximum Gasteiger partial charge on any atom is 0.248 e. The van der Waals surface area contributed by atoms with Gasteiger partial charge < -0.3 is 10.6 Å². The number of halogens is 2. The standard InChI is InChI=1S/C17H14F2N2O2/c1-11(22)20-15-10-16(14(19)9-13(15)18)21-17(23)8-7-12-5-3-2-4-6-12/h2-10H,1H3,(H,20,22)(H,21,23)/b8-7+. The van der Waals surface area contributed by atoms with Crippen molar-refractivity contribution < 1.29 is 18.4 Å². The summed E-state index contributed by atoms with van der Waals surface area (Å²) in [6.45, 7) is 1.20. The zero-order chi connectivity index (χ0) is 16.8. The SMILES string of the molecule is CC(=O)Nc1cc(NC(=O)/C=C/c2ccccc2)c(F)cc1F. The van der Waals surface area contributed by atoms with Crippen LogP contribution >= 0.6 is 0 Å². The minimum Gasteiger partial charge on any atom is -0.324 e. The zero-order valence-electron chi connectivity index (χ0n) is 12.3. The second-order valence-corrected chi connectivity index (χ2v) is 4.73. The molecule has 0 radical (unpaired) electrons. The van der Waals surface area contributed by atoms with E-state index in [2.05, 4.69) is 10.6 Å². The Morgan fingerprint density at radius 1 is 0.957 bits per heavy atom. The maximum atomic E-state index is 13.7. The molecule has 2 aromatic carbocycles. The molecule has 0 saturated heterocycles. The lowest BCUT2D eigenvalue weighted by Crippen LogP contribution is -2.12. The smallest absolute Gasteiger partial charge is 0.248 e. The summed E-state index contributed by atoms with van der Waals surface area (Å²) < 4.78 is 27.2. The molecule has 0 bridgehead atoms. The van der Waals surface area contributed by atoms with Crippen molar-refractivity contribution in [1.82, 2.24) is 0 Å². The van der Waals surface area contributed by atoms with Gasteiger partial charge in [-0.3, -0.25) is 9.59 Å². The van der Waals surface area contributed by atoms with Crippen molar-refractivity contribution in [1.29, 1.82) is 0 Å². The second kappa shape index (κ2) is 7.31. The summed E-state index contributed by atoms with van der Waals surface area (Å²) in [6, 6.07) is 10.7. The van der Waals surface area contributed by atoms with Gasteiger partial charge in [0.15, 0.2) is 0 Å². The van der Waals surface area contributed by atoms with Crippen molar-refractivity contribution in [2.75, 3.05) is 10.6 Å². The Labute approximate surface area is 131 Å². The van der Waals surface area contributed by atoms with Gasteiger partial charge >= 0.3 is 0 Å². The number of hydrogen-bond donors (Lipinski definition) is 2. The maximum absolute atomic E-state index is 13.7. The van der Waals surface area contributed by atoms with Crippen molar-refractivity contribution in [3.63, 3.8) is 0 Å². The Balaban J connectivity index is 2.14. The molecule has 6 heteroatoms. The largest absolute Gasteiger partial charge is 0.324 e. The van der Waals surface area contributed by atoms with Crippen LogP contribution in [-0.4, -0.2) is 11.8 Å². The van der Waals surface area contributed by atoms with Crippen molar-refractivity contribution in [3.05, 3.63) is 65.7 Å². The number of nitrogens with one attached hydrogen (secondary N) is 2. The highest BCUT2D eigenvalue weighted by molar-refractivity contribution is 6.02. The molecule has 0 aliphatic carbocycles. The molecule has 2 aromatic rings. The van der Waals surface area contributed by atoms with E-state index in [0.29, 0.717) is 6.07 Å². The lowest BCUT2D eigenvalue weighted by atomic mass is 10.2. The molecule has 23 heavy (non-hydrogen) atoms. The van der Waals surface area contributed by atoms with Gasteiger partial charge in [-0.25, -0.2) is 8.78 Å². The monoisotopic (exact) mass is 316 g/mol. The van der Waals surface area contributed by atoms with E-state index < -0.39 is 23.4 Å². The van der Waals surface area contributed by atoms with E-state index >= 15 is 0 Å². The minimum absolute atomic E-state index is 0.207. The van der Waals surface area contributed by atoms with Crippen molar-refractivity contribution in [2.45, 2.75) is 6.92 Å². The molecule has 0 unspecified atom stereocenters. The summed E-state index contributed by atoms with van der Waals surface area (Å²) in [5, 5.41) is 4.52. The number of amides is 2. The number of carbonyl (C=O) groups is 2. The van der Waals surface area contributed by atoms with Crippen molar-refractivity contribution >= 4 is 29.3 Å². The molecule has 0 fully saturated rings. The minimum atomic E-state index is -0.932. The average Bonchev–Trinajstić information content (AvgIpc) is 2.50. The molecule has 0 saturated carbocycles. The third-order valence-electron chi connectivity index (χ3n) is 2.85. The first-order valence-corrected chi connectivity index (χ1v) is 6.76. The summed E-state index contributed by atoms with van der Waals surface area (Å²) in [4.78, 5) is 22.8. The van der Waals surface area contributed by atoms with Crippen LogP contribution in [0.4, 0.5) is 20.2 Å². The predicted molar refractivity (Wildman–Crippen MR) is 84.8 cm³/mol. The topological polar surface area (TPSA) is 58.2 Å². The summed E-state index contributed by atoms with van der Waals surface area (Å²) in [6.07, 6.45) is 2.79. The van der Waals surface area contributed by atoms with E-state index in [0.717, 1.165) is 11.6 Å². The molecule has 0 atom stereocenters. The van der Waals surface area contributed by atoms with Gasteiger partial charge in [-0.1, -0.05) is 30.3 Å². The van der Waals surface area contributed by atoms with Crippen LogP contribution in [0.25, 0.3) is 6.08 Å². The fourth-order valence-electron chi connectivity index (χ4n) is 1.84. The molecule has 118 valence electrons. The van der Waals surface area contributed by atoms with Crippen LogP contribution in [0.3, 0.4) is 0 Å². The van der Waals surface area contributed by atoms with Gasteiger partial charge in [0, 0.05) is 19.1 Å². The lowest BCUT2D eigenvalue weighted by Gasteiger charge is -2.09. The van der Waals surface area contributed by atoms with E-state index in [9.17, 15) is 18.4 Å². The first-order valence-electron chi connectivity index (χ1n) is 6.76. The highest BCUT2D eigenvalue weighted by Crippen LogP contribution is 2.23. The van der Waals surface area contributed by atoms with Crippen LogP contribution in [-0.2, 0) is 9.59 Å². The fraction of sp³-hybridized carbons (Fsp3) is 0.0588. The molecule has 0 heterocycles. The van der Waals surface area contributed by atoms with Crippen LogP contribution < -0.4 is 10.6 Å². The number of carbonyl (C=O) groups excluding carboxylic acids is 2. The molecule has 2 N–H and O–H groups in total. The highest BCUT2D eigenvalue weighted by Gasteiger charge is 2.12. The van der Waals surface area contributed by atoms with Crippen LogP contribution in [0.15, 0.2) is 48.5 Å². The van der Waals surface area contributed by atoms with E-state index in [1.54, 1.807) is 18.2 Å². The molecule has 0 aliphatic heterocycles. The molecule has 0 aromatic heterocycles. The van der Waals surface area contributed by atoms with Gasteiger partial charge in [0.05, 0.1) is 11.4 Å². The third kappa shape index (κ3) is 4.74. The number of rotatable bonds is 4. The summed E-state index contributed by atoms with van der Waals surface area (Å²) in [5.41, 5.74) is 0.375. The average molecular weight is 316 g/mol. The summed E-state index contributed by atoms with van der Waals surface area (Å²) in [5.74, 6) is -2.93. The van der Waals surface area contributed by atoms with Crippen LogP contribution in [0.5, 0.6) is 0 Å². The summed E-state index contributed by atoms with van der Waals surface area (Å²) >= 11 is 0. The van der Waals surface area contributed by atoms with Gasteiger partial charge in [-0.05, 0) is 17.7 Å². The number of hydrogen-bond acceptors (Lipinski definition) is 2. The molecule has 2 amide bonds. The first-order chi connectivity index (χ1) is 11.0. The molecule has 4 nitrogen and oxygen atoms in total. The van der Waals surface area contributed by atoms with Gasteiger partial charge in [0.25, 0.3) is 0 Å². The van der Waals surface area contributed by atoms with Crippen LogP contribution in [0, 0.1) is 11.6 Å². The quantitative estimate of drug-likeness (QED) is 0.847. The van der Waals surface area contributed by atoms with E-state index in [4.69, 9.17) is 0 Å².